The number of carbonyl (C=O) groups is 2. The normalized spacial score (nSPS) is 15.9. The molecule has 0 saturated carbocycles. The minimum Gasteiger partial charge on any atom is -0.492 e. The Balaban J connectivity index is 1.60. The van der Waals surface area contributed by atoms with Crippen LogP contribution in [0.5, 0.6) is 11.8 Å². The summed E-state index contributed by atoms with van der Waals surface area (Å²) < 4.78 is 55.0. The smallest absolute Gasteiger partial charge is 0.422 e. The largest absolute Gasteiger partial charge is 0.492 e. The third kappa shape index (κ3) is 12.5. The van der Waals surface area contributed by atoms with E-state index in [9.17, 15) is 22.8 Å². The highest BCUT2D eigenvalue weighted by atomic mass is 35.5. The van der Waals surface area contributed by atoms with Gasteiger partial charge in [-0.2, -0.15) is 28.1 Å². The summed E-state index contributed by atoms with van der Waals surface area (Å²) >= 11 is 6.51. The maximum absolute atomic E-state index is 13.3. The van der Waals surface area contributed by atoms with Gasteiger partial charge in [-0.05, 0) is 72.9 Å². The zero-order valence-electron chi connectivity index (χ0n) is 28.3. The Labute approximate surface area is 298 Å². The number of hydrogen-bond acceptors (Lipinski definition) is 10. The van der Waals surface area contributed by atoms with Crippen molar-refractivity contribution in [2.75, 3.05) is 43.5 Å². The molecule has 272 valence electrons. The number of rotatable bonds is 5. The molecule has 6 bridgehead atoms. The SMILES string of the molecule is C=C/C(=C\C=C/C)OC(=O)N1CCCOc2ccc(cc2Cl)CNc2nc(nc(OCC(F)(F)F)n2)Nc2ccc(cc2)C(=O)NCC(C)(C)C1. The summed E-state index contributed by atoms with van der Waals surface area (Å²) in [7, 11) is 0. The van der Waals surface area contributed by atoms with Crippen molar-refractivity contribution in [1.29, 1.82) is 0 Å². The van der Waals surface area contributed by atoms with Crippen molar-refractivity contribution < 1.29 is 37.0 Å². The summed E-state index contributed by atoms with van der Waals surface area (Å²) in [4.78, 5) is 40.2. The quantitative estimate of drug-likeness (QED) is 0.179. The van der Waals surface area contributed by atoms with Crippen LogP contribution in [-0.2, 0) is 11.3 Å². The summed E-state index contributed by atoms with van der Waals surface area (Å²) in [5.41, 5.74) is 0.907. The van der Waals surface area contributed by atoms with Crippen LogP contribution in [0.4, 0.5) is 35.5 Å². The fourth-order valence-electron chi connectivity index (χ4n) is 4.66. The highest BCUT2D eigenvalue weighted by Crippen LogP contribution is 2.27. The Hall–Kier alpha value is -5.31. The number of anilines is 3. The summed E-state index contributed by atoms with van der Waals surface area (Å²) in [6.45, 7) is 8.90. The van der Waals surface area contributed by atoms with Crippen molar-refractivity contribution >= 4 is 41.2 Å². The number of allylic oxidation sites excluding steroid dienone is 4. The van der Waals surface area contributed by atoms with Crippen molar-refractivity contribution in [1.82, 2.24) is 25.2 Å². The molecule has 3 N–H and O–H groups in total. The van der Waals surface area contributed by atoms with Gasteiger partial charge in [-0.25, -0.2) is 4.79 Å². The fraction of sp³-hybridized carbons (Fsp3) is 0.343. The summed E-state index contributed by atoms with van der Waals surface area (Å²) in [6.07, 6.45) is 1.85. The van der Waals surface area contributed by atoms with E-state index in [0.717, 1.165) is 0 Å². The number of hydrogen-bond donors (Lipinski definition) is 3. The van der Waals surface area contributed by atoms with Crippen LogP contribution in [-0.4, -0.2) is 70.9 Å². The molecule has 3 aromatic rings. The molecule has 0 atom stereocenters. The highest BCUT2D eigenvalue weighted by Gasteiger charge is 2.30. The Kier molecular flexibility index (Phi) is 13.3. The summed E-state index contributed by atoms with van der Waals surface area (Å²) in [5.74, 6) is 0.187. The van der Waals surface area contributed by atoms with Gasteiger partial charge in [0, 0.05) is 37.4 Å². The maximum atomic E-state index is 13.3. The zero-order chi connectivity index (χ0) is 37.0. The second-order valence-electron chi connectivity index (χ2n) is 12.1. The van der Waals surface area contributed by atoms with E-state index in [2.05, 4.69) is 37.5 Å². The van der Waals surface area contributed by atoms with E-state index < -0.39 is 30.3 Å². The van der Waals surface area contributed by atoms with Crippen LogP contribution in [0.3, 0.4) is 0 Å². The molecule has 1 aromatic heterocycles. The lowest BCUT2D eigenvalue weighted by Gasteiger charge is -2.32. The van der Waals surface area contributed by atoms with Gasteiger partial charge >= 0.3 is 18.3 Å². The number of amides is 2. The third-order valence-electron chi connectivity index (χ3n) is 7.12. The minimum absolute atomic E-state index is 0.0604. The summed E-state index contributed by atoms with van der Waals surface area (Å²) in [6, 6.07) is 10.9. The van der Waals surface area contributed by atoms with Crippen LogP contribution < -0.4 is 25.4 Å². The average molecular weight is 730 g/mol. The first-order valence-electron chi connectivity index (χ1n) is 15.9. The molecule has 51 heavy (non-hydrogen) atoms. The second-order valence-corrected chi connectivity index (χ2v) is 12.5. The highest BCUT2D eigenvalue weighted by molar-refractivity contribution is 6.32. The van der Waals surface area contributed by atoms with Crippen molar-refractivity contribution in [2.24, 2.45) is 5.41 Å². The lowest BCUT2D eigenvalue weighted by Crippen LogP contribution is -2.45. The van der Waals surface area contributed by atoms with Gasteiger partial charge in [0.05, 0.1) is 11.6 Å². The number of benzene rings is 2. The van der Waals surface area contributed by atoms with E-state index in [1.807, 2.05) is 20.8 Å². The number of carbonyl (C=O) groups excluding carboxylic acids is 2. The molecule has 16 heteroatoms. The first-order chi connectivity index (χ1) is 24.2. The topological polar surface area (TPSA) is 140 Å². The second kappa shape index (κ2) is 17.6. The van der Waals surface area contributed by atoms with Crippen LogP contribution in [0.15, 0.2) is 79.1 Å². The maximum Gasteiger partial charge on any atom is 0.422 e. The molecule has 2 aromatic carbocycles. The van der Waals surface area contributed by atoms with Crippen LogP contribution in [0.1, 0.15) is 43.1 Å². The van der Waals surface area contributed by atoms with Crippen molar-refractivity contribution in [3.63, 3.8) is 0 Å². The lowest BCUT2D eigenvalue weighted by molar-refractivity contribution is -0.154. The molecular weight excluding hydrogens is 691 g/mol. The first kappa shape index (κ1) is 38.5. The number of alkyl halides is 3. The van der Waals surface area contributed by atoms with Gasteiger partial charge in [0.15, 0.2) is 6.61 Å². The van der Waals surface area contributed by atoms with Crippen LogP contribution in [0, 0.1) is 5.41 Å². The molecule has 4 aliphatic heterocycles. The van der Waals surface area contributed by atoms with E-state index in [-0.39, 0.29) is 56.3 Å². The van der Waals surface area contributed by atoms with Gasteiger partial charge in [-0.1, -0.05) is 50.2 Å². The van der Waals surface area contributed by atoms with E-state index in [1.165, 1.54) is 6.08 Å². The predicted molar refractivity (Wildman–Crippen MR) is 187 cm³/mol. The van der Waals surface area contributed by atoms with E-state index in [0.29, 0.717) is 34.0 Å². The number of aromatic nitrogens is 3. The molecule has 0 aliphatic carbocycles. The number of ether oxygens (including phenoxy) is 3. The Morgan fingerprint density at radius 1 is 1.12 bits per heavy atom. The van der Waals surface area contributed by atoms with Gasteiger partial charge in [-0.15, -0.1) is 0 Å². The monoisotopic (exact) mass is 729 g/mol. The molecule has 2 amide bonds. The van der Waals surface area contributed by atoms with Crippen LogP contribution in [0.2, 0.25) is 5.02 Å². The zero-order valence-corrected chi connectivity index (χ0v) is 29.1. The molecule has 0 radical (unpaired) electrons. The molecule has 7 rings (SSSR count). The standard InChI is InChI=1S/C35H39ClF3N7O5/c1-5-7-9-26(6-2)51-33(48)46-16-8-17-49-28-15-10-23(18-27(28)36)19-40-30-43-31(45-32(44-30)50-22-35(37,38)39)42-25-13-11-24(12-14-25)29(47)41-20-34(3,4)21-46/h5-7,9-15,18H,2,8,16-17,19-22H2,1,3-4H3,(H,41,47)(H2,40,42,43,44,45)/b7-5-,26-9+. The van der Waals surface area contributed by atoms with E-state index >= 15 is 0 Å². The molecular formula is C35H39ClF3N7O5. The third-order valence-corrected chi connectivity index (χ3v) is 7.42. The Morgan fingerprint density at radius 3 is 2.55 bits per heavy atom. The molecule has 0 spiro atoms. The molecule has 0 fully saturated rings. The first-order valence-corrected chi connectivity index (χ1v) is 16.3. The Morgan fingerprint density at radius 2 is 1.86 bits per heavy atom. The molecule has 4 aliphatic rings. The van der Waals surface area contributed by atoms with Gasteiger partial charge < -0.3 is 35.1 Å². The Bertz CT molecular complexity index is 1750. The molecule has 5 heterocycles. The van der Waals surface area contributed by atoms with Crippen molar-refractivity contribution in [2.45, 2.75) is 39.9 Å². The number of nitrogens with zero attached hydrogens (tertiary/aromatic N) is 4. The van der Waals surface area contributed by atoms with E-state index in [4.69, 9.17) is 25.8 Å². The number of nitrogens with one attached hydrogen (secondary N) is 3. The molecule has 0 saturated heterocycles. The molecule has 12 nitrogen and oxygen atoms in total. The predicted octanol–water partition coefficient (Wildman–Crippen LogP) is 7.44. The fourth-order valence-corrected chi connectivity index (χ4v) is 4.91. The van der Waals surface area contributed by atoms with Crippen molar-refractivity contribution in [3.8, 4) is 11.8 Å². The lowest BCUT2D eigenvalue weighted by atomic mass is 9.92. The van der Waals surface area contributed by atoms with Gasteiger partial charge in [0.2, 0.25) is 11.9 Å². The van der Waals surface area contributed by atoms with E-state index in [1.54, 1.807) is 65.6 Å². The van der Waals surface area contributed by atoms with Crippen LogP contribution in [0.25, 0.3) is 0 Å². The van der Waals surface area contributed by atoms with Gasteiger partial charge in [0.25, 0.3) is 5.91 Å². The minimum atomic E-state index is -4.61. The van der Waals surface area contributed by atoms with Gasteiger partial charge in [-0.3, -0.25) is 4.79 Å². The summed E-state index contributed by atoms with van der Waals surface area (Å²) in [5, 5.41) is 9.09. The van der Waals surface area contributed by atoms with Crippen LogP contribution >= 0.6 is 11.6 Å². The molecule has 0 unspecified atom stereocenters. The number of halogens is 4. The average Bonchev–Trinajstić information content (AvgIpc) is 3.08. The van der Waals surface area contributed by atoms with Gasteiger partial charge in [0.1, 0.15) is 11.5 Å². The van der Waals surface area contributed by atoms with Crippen molar-refractivity contribution in [3.05, 3.63) is 95.3 Å².